The summed E-state index contributed by atoms with van der Waals surface area (Å²) in [5.41, 5.74) is 2.67. The van der Waals surface area contributed by atoms with Crippen molar-refractivity contribution in [2.45, 2.75) is 46.3 Å². The molecule has 1 aromatic rings. The summed E-state index contributed by atoms with van der Waals surface area (Å²) in [6, 6.07) is 6.85. The molecule has 0 N–H and O–H groups in total. The van der Waals surface area contributed by atoms with Crippen molar-refractivity contribution < 1.29 is 19.1 Å². The topological polar surface area (TPSA) is 82.5 Å². The van der Waals surface area contributed by atoms with Crippen molar-refractivity contribution in [1.29, 1.82) is 0 Å². The van der Waals surface area contributed by atoms with E-state index in [-0.39, 0.29) is 24.3 Å². The number of carbonyl (C=O) groups excluding carboxylic acids is 3. The largest absolute Gasteiger partial charge is 0.459 e. The van der Waals surface area contributed by atoms with Crippen LogP contribution in [0, 0.1) is 0 Å². The molecule has 0 aliphatic carbocycles. The summed E-state index contributed by atoms with van der Waals surface area (Å²) >= 11 is 7.58. The highest BCUT2D eigenvalue weighted by molar-refractivity contribution is 8.16. The molecule has 0 bridgehead atoms. The van der Waals surface area contributed by atoms with Gasteiger partial charge in [-0.25, -0.2) is 9.79 Å². The Kier molecular flexibility index (Phi) is 7.56. The van der Waals surface area contributed by atoms with E-state index in [1.807, 2.05) is 43.2 Å². The number of fused-ring (bicyclic) bond motifs is 1. The number of benzene rings is 1. The van der Waals surface area contributed by atoms with E-state index in [2.05, 4.69) is 4.99 Å². The molecule has 0 spiro atoms. The first-order chi connectivity index (χ1) is 16.7. The fraction of sp³-hybridized carbons (Fsp3) is 0.440. The minimum absolute atomic E-state index is 0.0197. The average Bonchev–Trinajstić information content (AvgIpc) is 3.20. The lowest BCUT2D eigenvalue weighted by Gasteiger charge is -2.38. The predicted octanol–water partition coefficient (Wildman–Crippen LogP) is 3.95. The highest BCUT2D eigenvalue weighted by Gasteiger charge is 2.41. The summed E-state index contributed by atoms with van der Waals surface area (Å²) in [5, 5.41) is 3.24. The van der Waals surface area contributed by atoms with E-state index >= 15 is 0 Å². The number of esters is 1. The van der Waals surface area contributed by atoms with Gasteiger partial charge >= 0.3 is 5.97 Å². The highest BCUT2D eigenvalue weighted by Crippen LogP contribution is 2.45. The van der Waals surface area contributed by atoms with Crippen LogP contribution < -0.4 is 0 Å². The molecule has 0 aromatic heterocycles. The molecule has 3 heterocycles. The average molecular weight is 517 g/mol. The van der Waals surface area contributed by atoms with Crippen molar-refractivity contribution >= 4 is 46.3 Å². The van der Waals surface area contributed by atoms with E-state index in [4.69, 9.17) is 16.3 Å². The van der Waals surface area contributed by atoms with E-state index < -0.39 is 12.0 Å². The minimum atomic E-state index is -0.491. The summed E-state index contributed by atoms with van der Waals surface area (Å²) in [4.78, 5) is 48.2. The predicted molar refractivity (Wildman–Crippen MR) is 137 cm³/mol. The van der Waals surface area contributed by atoms with Gasteiger partial charge in [0, 0.05) is 43.8 Å². The fourth-order valence-electron chi connectivity index (χ4n) is 4.41. The summed E-state index contributed by atoms with van der Waals surface area (Å²) in [7, 11) is 0. The lowest BCUT2D eigenvalue weighted by molar-refractivity contribution is -0.143. The maximum atomic E-state index is 13.2. The monoisotopic (exact) mass is 516 g/mol. The standard InChI is InChI=1S/C25H29ClN4O4S/c1-15(2)34-24(33)22-16(3)27-25-30(23(22)18-5-7-19(26)8-6-18)20(14-35-25)13-21(32)29-11-9-28(10-12-29)17(4)31/h5-8,14-15,23H,9-13H2,1-4H3. The van der Waals surface area contributed by atoms with Crippen LogP contribution in [0.25, 0.3) is 0 Å². The van der Waals surface area contributed by atoms with Gasteiger partial charge in [-0.1, -0.05) is 35.5 Å². The van der Waals surface area contributed by atoms with Crippen molar-refractivity contribution in [1.82, 2.24) is 14.7 Å². The zero-order valence-electron chi connectivity index (χ0n) is 20.3. The number of amidine groups is 1. The number of allylic oxidation sites excluding steroid dienone is 1. The molecule has 1 unspecified atom stereocenters. The molecule has 0 radical (unpaired) electrons. The second-order valence-corrected chi connectivity index (χ2v) is 10.2. The molecule has 0 saturated carbocycles. The summed E-state index contributed by atoms with van der Waals surface area (Å²) in [5.74, 6) is -0.424. The third kappa shape index (κ3) is 5.41. The zero-order valence-corrected chi connectivity index (χ0v) is 21.9. The quantitative estimate of drug-likeness (QED) is 0.551. The van der Waals surface area contributed by atoms with Gasteiger partial charge in [-0.2, -0.15) is 0 Å². The van der Waals surface area contributed by atoms with E-state index in [0.29, 0.717) is 47.6 Å². The molecule has 3 aliphatic rings. The molecule has 1 aromatic carbocycles. The van der Waals surface area contributed by atoms with Crippen LogP contribution in [0.4, 0.5) is 0 Å². The van der Waals surface area contributed by atoms with Gasteiger partial charge < -0.3 is 19.4 Å². The highest BCUT2D eigenvalue weighted by atomic mass is 35.5. The second-order valence-electron chi connectivity index (χ2n) is 8.96. The van der Waals surface area contributed by atoms with Gasteiger partial charge in [0.2, 0.25) is 11.8 Å². The van der Waals surface area contributed by atoms with Gasteiger partial charge in [-0.05, 0) is 43.9 Å². The van der Waals surface area contributed by atoms with Crippen LogP contribution >= 0.6 is 23.4 Å². The molecule has 2 amide bonds. The van der Waals surface area contributed by atoms with Crippen molar-refractivity contribution in [3.8, 4) is 0 Å². The SMILES string of the molecule is CC(=O)N1CCN(C(=O)CC2=CSC3=NC(C)=C(C(=O)OC(C)C)C(c4ccc(Cl)cc4)N23)CC1. The first-order valence-electron chi connectivity index (χ1n) is 11.6. The van der Waals surface area contributed by atoms with Gasteiger partial charge in [0.15, 0.2) is 5.17 Å². The summed E-state index contributed by atoms with van der Waals surface area (Å²) in [6.07, 6.45) is -0.112. The van der Waals surface area contributed by atoms with E-state index in [1.54, 1.807) is 28.9 Å². The third-order valence-corrected chi connectivity index (χ3v) is 7.30. The van der Waals surface area contributed by atoms with Crippen LogP contribution in [-0.2, 0) is 19.1 Å². The number of ether oxygens (including phenoxy) is 1. The molecular formula is C25H29ClN4O4S. The number of amides is 2. The van der Waals surface area contributed by atoms with E-state index in [1.165, 1.54) is 11.8 Å². The molecule has 3 aliphatic heterocycles. The molecule has 1 fully saturated rings. The number of halogens is 1. The lowest BCUT2D eigenvalue weighted by Crippen LogP contribution is -2.50. The third-order valence-electron chi connectivity index (χ3n) is 6.16. The smallest absolute Gasteiger partial charge is 0.338 e. The molecule has 186 valence electrons. The number of hydrogen-bond donors (Lipinski definition) is 0. The Hall–Kier alpha value is -2.78. The molecule has 35 heavy (non-hydrogen) atoms. The number of thioether (sulfide) groups is 1. The zero-order chi connectivity index (χ0) is 25.3. The normalized spacial score (nSPS) is 20.1. The molecule has 4 rings (SSSR count). The first kappa shape index (κ1) is 25.3. The Balaban J connectivity index is 1.61. The van der Waals surface area contributed by atoms with Gasteiger partial charge in [0.05, 0.1) is 29.8 Å². The van der Waals surface area contributed by atoms with E-state index in [9.17, 15) is 14.4 Å². The van der Waals surface area contributed by atoms with Crippen LogP contribution in [0.3, 0.4) is 0 Å². The second kappa shape index (κ2) is 10.5. The number of carbonyl (C=O) groups is 3. The Morgan fingerprint density at radius 3 is 2.34 bits per heavy atom. The maximum Gasteiger partial charge on any atom is 0.338 e. The lowest BCUT2D eigenvalue weighted by atomic mass is 9.94. The summed E-state index contributed by atoms with van der Waals surface area (Å²) < 4.78 is 5.57. The van der Waals surface area contributed by atoms with Gasteiger partial charge in [0.25, 0.3) is 0 Å². The van der Waals surface area contributed by atoms with Crippen molar-refractivity contribution in [3.63, 3.8) is 0 Å². The van der Waals surface area contributed by atoms with Crippen LogP contribution in [0.1, 0.15) is 45.7 Å². The van der Waals surface area contributed by atoms with Gasteiger partial charge in [-0.15, -0.1) is 0 Å². The molecule has 8 nitrogen and oxygen atoms in total. The van der Waals surface area contributed by atoms with Crippen LogP contribution in [0.15, 0.2) is 51.6 Å². The minimum Gasteiger partial charge on any atom is -0.459 e. The fourth-order valence-corrected chi connectivity index (χ4v) is 5.50. The maximum absolute atomic E-state index is 13.2. The number of nitrogens with zero attached hydrogens (tertiary/aromatic N) is 4. The van der Waals surface area contributed by atoms with Crippen molar-refractivity contribution in [2.24, 2.45) is 4.99 Å². The van der Waals surface area contributed by atoms with Gasteiger partial charge in [0.1, 0.15) is 0 Å². The number of hydrogen-bond acceptors (Lipinski definition) is 7. The molecule has 1 saturated heterocycles. The van der Waals surface area contributed by atoms with Crippen LogP contribution in [0.5, 0.6) is 0 Å². The Morgan fingerprint density at radius 1 is 1.11 bits per heavy atom. The van der Waals surface area contributed by atoms with Crippen LogP contribution in [-0.4, -0.2) is 69.9 Å². The Labute approximate surface area is 214 Å². The van der Waals surface area contributed by atoms with Crippen LogP contribution in [0.2, 0.25) is 5.02 Å². The molecule has 1 atom stereocenters. The Bertz CT molecular complexity index is 1120. The molecular weight excluding hydrogens is 488 g/mol. The number of rotatable bonds is 5. The first-order valence-corrected chi connectivity index (χ1v) is 12.9. The summed E-state index contributed by atoms with van der Waals surface area (Å²) in [6.45, 7) is 9.05. The Morgan fingerprint density at radius 2 is 1.74 bits per heavy atom. The van der Waals surface area contributed by atoms with Crippen molar-refractivity contribution in [3.05, 3.63) is 57.2 Å². The molecule has 10 heteroatoms. The van der Waals surface area contributed by atoms with Gasteiger partial charge in [-0.3, -0.25) is 9.59 Å². The number of aliphatic imine (C=N–C) groups is 1. The van der Waals surface area contributed by atoms with E-state index in [0.717, 1.165) is 11.3 Å². The van der Waals surface area contributed by atoms with Crippen molar-refractivity contribution in [2.75, 3.05) is 26.2 Å². The number of piperazine rings is 1.